The Morgan fingerprint density at radius 3 is 2.65 bits per heavy atom. The van der Waals surface area contributed by atoms with Crippen LogP contribution in [0.3, 0.4) is 0 Å². The zero-order valence-electron chi connectivity index (χ0n) is 14.2. The van der Waals surface area contributed by atoms with Crippen molar-refractivity contribution in [3.63, 3.8) is 0 Å². The van der Waals surface area contributed by atoms with E-state index < -0.39 is 5.97 Å². The summed E-state index contributed by atoms with van der Waals surface area (Å²) in [6, 6.07) is 14.7. The van der Waals surface area contributed by atoms with Crippen molar-refractivity contribution < 1.29 is 14.3 Å². The molecule has 5 nitrogen and oxygen atoms in total. The van der Waals surface area contributed by atoms with E-state index in [1.54, 1.807) is 47.4 Å². The second-order valence-electron chi connectivity index (χ2n) is 5.52. The minimum atomic E-state index is -0.394. The van der Waals surface area contributed by atoms with Gasteiger partial charge in [-0.1, -0.05) is 23.9 Å². The highest BCUT2D eigenvalue weighted by molar-refractivity contribution is 8.01. The van der Waals surface area contributed by atoms with Crippen molar-refractivity contribution in [2.45, 2.75) is 17.2 Å². The number of esters is 1. The van der Waals surface area contributed by atoms with Gasteiger partial charge in [0.25, 0.3) is 0 Å². The van der Waals surface area contributed by atoms with Gasteiger partial charge in [0.05, 0.1) is 22.9 Å². The zero-order chi connectivity index (χ0) is 18.4. The van der Waals surface area contributed by atoms with Crippen LogP contribution in [0.1, 0.15) is 23.2 Å². The third kappa shape index (κ3) is 4.83. The van der Waals surface area contributed by atoms with Crippen molar-refractivity contribution in [2.24, 2.45) is 0 Å². The molecule has 0 saturated carbocycles. The molecule has 134 valence electrons. The lowest BCUT2D eigenvalue weighted by molar-refractivity contribution is -0.116. The molecule has 3 rings (SSSR count). The fraction of sp³-hybridized carbons (Fsp3) is 0.211. The van der Waals surface area contributed by atoms with Gasteiger partial charge in [-0.3, -0.25) is 4.79 Å². The minimum absolute atomic E-state index is 0.0410. The van der Waals surface area contributed by atoms with Crippen LogP contribution in [0.5, 0.6) is 0 Å². The number of rotatable bonds is 7. The summed E-state index contributed by atoms with van der Waals surface area (Å²) in [5.74, 6) is 0.407. The number of anilines is 1. The molecule has 1 N–H and O–H groups in total. The van der Waals surface area contributed by atoms with Gasteiger partial charge in [0.15, 0.2) is 4.34 Å². The molecule has 0 unspecified atom stereocenters. The summed E-state index contributed by atoms with van der Waals surface area (Å²) in [5.41, 5.74) is 2.15. The van der Waals surface area contributed by atoms with Gasteiger partial charge in [-0.25, -0.2) is 9.78 Å². The molecule has 0 saturated heterocycles. The van der Waals surface area contributed by atoms with Gasteiger partial charge in [0, 0.05) is 17.9 Å². The first-order valence-corrected chi connectivity index (χ1v) is 9.92. The molecule has 1 aromatic heterocycles. The Hall–Kier alpha value is -2.38. The number of carbonyl (C=O) groups excluding carboxylic acids is 2. The number of benzene rings is 2. The third-order valence-corrected chi connectivity index (χ3v) is 5.90. The minimum Gasteiger partial charge on any atom is -0.465 e. The van der Waals surface area contributed by atoms with E-state index >= 15 is 0 Å². The molecule has 0 aliphatic rings. The smallest absolute Gasteiger partial charge is 0.337 e. The molecule has 0 spiro atoms. The summed E-state index contributed by atoms with van der Waals surface area (Å²) in [5, 5.41) is 2.83. The van der Waals surface area contributed by atoms with Crippen LogP contribution >= 0.6 is 23.1 Å². The van der Waals surface area contributed by atoms with Crippen LogP contribution in [-0.2, 0) is 9.53 Å². The zero-order valence-corrected chi connectivity index (χ0v) is 15.9. The Bertz CT molecular complexity index is 874. The lowest BCUT2D eigenvalue weighted by Gasteiger charge is -2.06. The molecule has 0 aliphatic carbocycles. The first kappa shape index (κ1) is 18.4. The van der Waals surface area contributed by atoms with Crippen LogP contribution in [0.2, 0.25) is 0 Å². The fourth-order valence-corrected chi connectivity index (χ4v) is 4.41. The van der Waals surface area contributed by atoms with Crippen LogP contribution in [0.4, 0.5) is 5.69 Å². The van der Waals surface area contributed by atoms with Crippen molar-refractivity contribution in [3.05, 3.63) is 54.1 Å². The van der Waals surface area contributed by atoms with E-state index in [0.29, 0.717) is 17.7 Å². The standard InChI is InChI=1S/C19H18N2O3S2/c1-24-18(23)13-8-10-14(11-9-13)20-17(22)7-4-12-25-19-21-15-5-2-3-6-16(15)26-19/h2-3,5-6,8-11H,4,7,12H2,1H3,(H,20,22). The topological polar surface area (TPSA) is 68.3 Å². The molecule has 7 heteroatoms. The van der Waals surface area contributed by atoms with Gasteiger partial charge in [-0.2, -0.15) is 0 Å². The predicted octanol–water partition coefficient (Wildman–Crippen LogP) is 4.59. The molecular weight excluding hydrogens is 368 g/mol. The largest absolute Gasteiger partial charge is 0.465 e. The quantitative estimate of drug-likeness (QED) is 0.365. The van der Waals surface area contributed by atoms with Crippen LogP contribution in [0, 0.1) is 0 Å². The van der Waals surface area contributed by atoms with E-state index in [-0.39, 0.29) is 5.91 Å². The number of thiazole rings is 1. The number of nitrogens with zero attached hydrogens (tertiary/aromatic N) is 1. The predicted molar refractivity (Wildman–Crippen MR) is 106 cm³/mol. The molecule has 0 fully saturated rings. The summed E-state index contributed by atoms with van der Waals surface area (Å²) in [4.78, 5) is 28.0. The number of methoxy groups -OCH3 is 1. The Morgan fingerprint density at radius 2 is 1.92 bits per heavy atom. The maximum Gasteiger partial charge on any atom is 0.337 e. The second-order valence-corrected chi connectivity index (χ2v) is 7.89. The highest BCUT2D eigenvalue weighted by Crippen LogP contribution is 2.29. The molecule has 0 radical (unpaired) electrons. The van der Waals surface area contributed by atoms with E-state index in [4.69, 9.17) is 0 Å². The molecule has 0 bridgehead atoms. The Balaban J connectivity index is 1.42. The lowest BCUT2D eigenvalue weighted by Crippen LogP contribution is -2.11. The van der Waals surface area contributed by atoms with Crippen LogP contribution in [0.15, 0.2) is 52.9 Å². The normalized spacial score (nSPS) is 10.7. The van der Waals surface area contributed by atoms with Gasteiger partial charge in [-0.15, -0.1) is 11.3 Å². The average molecular weight is 386 g/mol. The van der Waals surface area contributed by atoms with E-state index in [9.17, 15) is 9.59 Å². The third-order valence-electron chi connectivity index (χ3n) is 3.64. The van der Waals surface area contributed by atoms with Crippen LogP contribution < -0.4 is 5.32 Å². The first-order chi connectivity index (χ1) is 12.7. The molecule has 3 aromatic rings. The number of fused-ring (bicyclic) bond motifs is 1. The monoisotopic (exact) mass is 386 g/mol. The van der Waals surface area contributed by atoms with Crippen LogP contribution in [0.25, 0.3) is 10.2 Å². The van der Waals surface area contributed by atoms with Crippen molar-refractivity contribution in [1.82, 2.24) is 4.98 Å². The maximum absolute atomic E-state index is 12.0. The van der Waals surface area contributed by atoms with E-state index in [2.05, 4.69) is 21.1 Å². The van der Waals surface area contributed by atoms with Crippen molar-refractivity contribution in [3.8, 4) is 0 Å². The summed E-state index contributed by atoms with van der Waals surface area (Å²) < 4.78 is 6.86. The summed E-state index contributed by atoms with van der Waals surface area (Å²) in [6.45, 7) is 0. The number of para-hydroxylation sites is 1. The average Bonchev–Trinajstić information content (AvgIpc) is 3.08. The summed E-state index contributed by atoms with van der Waals surface area (Å²) in [6.07, 6.45) is 1.21. The van der Waals surface area contributed by atoms with Gasteiger partial charge in [0.2, 0.25) is 5.91 Å². The SMILES string of the molecule is COC(=O)c1ccc(NC(=O)CCCSc2nc3ccccc3s2)cc1. The molecule has 2 aromatic carbocycles. The fourth-order valence-electron chi connectivity index (χ4n) is 2.34. The molecule has 0 atom stereocenters. The first-order valence-electron chi connectivity index (χ1n) is 8.12. The van der Waals surface area contributed by atoms with E-state index in [1.165, 1.54) is 11.8 Å². The maximum atomic E-state index is 12.0. The lowest BCUT2D eigenvalue weighted by atomic mass is 10.2. The number of nitrogens with one attached hydrogen (secondary N) is 1. The Kier molecular flexibility index (Phi) is 6.25. The number of carbonyl (C=O) groups is 2. The summed E-state index contributed by atoms with van der Waals surface area (Å²) in [7, 11) is 1.34. The van der Waals surface area contributed by atoms with E-state index in [0.717, 1.165) is 22.0 Å². The van der Waals surface area contributed by atoms with Crippen molar-refractivity contribution in [2.75, 3.05) is 18.2 Å². The Morgan fingerprint density at radius 1 is 1.15 bits per heavy atom. The second kappa shape index (κ2) is 8.82. The molecule has 1 heterocycles. The number of thioether (sulfide) groups is 1. The molecule has 1 amide bonds. The number of amides is 1. The van der Waals surface area contributed by atoms with Gasteiger partial charge >= 0.3 is 5.97 Å². The molecule has 26 heavy (non-hydrogen) atoms. The number of hydrogen-bond donors (Lipinski definition) is 1. The number of hydrogen-bond acceptors (Lipinski definition) is 6. The van der Waals surface area contributed by atoms with E-state index in [1.807, 2.05) is 18.2 Å². The van der Waals surface area contributed by atoms with Gasteiger partial charge < -0.3 is 10.1 Å². The number of aromatic nitrogens is 1. The molecule has 0 aliphatic heterocycles. The highest BCUT2D eigenvalue weighted by Gasteiger charge is 2.07. The number of ether oxygens (including phenoxy) is 1. The summed E-state index contributed by atoms with van der Waals surface area (Å²) >= 11 is 3.36. The van der Waals surface area contributed by atoms with Crippen molar-refractivity contribution in [1.29, 1.82) is 0 Å². The van der Waals surface area contributed by atoms with Gasteiger partial charge in [-0.05, 0) is 42.8 Å². The van der Waals surface area contributed by atoms with Crippen molar-refractivity contribution >= 4 is 50.9 Å². The highest BCUT2D eigenvalue weighted by atomic mass is 32.2. The van der Waals surface area contributed by atoms with Gasteiger partial charge in [0.1, 0.15) is 0 Å². The van der Waals surface area contributed by atoms with Crippen LogP contribution in [-0.4, -0.2) is 29.7 Å². The Labute approximate surface area is 159 Å². The molecular formula is C19H18N2O3S2.